The molecule has 0 aliphatic heterocycles. The molecule has 0 atom stereocenters. The van der Waals surface area contributed by atoms with E-state index in [-0.39, 0.29) is 5.91 Å². The Balaban J connectivity index is 1.62. The van der Waals surface area contributed by atoms with Crippen LogP contribution in [0.15, 0.2) is 54.6 Å². The van der Waals surface area contributed by atoms with E-state index in [0.717, 1.165) is 30.2 Å². The zero-order valence-electron chi connectivity index (χ0n) is 15.2. The van der Waals surface area contributed by atoms with E-state index in [1.807, 2.05) is 30.0 Å². The van der Waals surface area contributed by atoms with Crippen LogP contribution < -0.4 is 10.6 Å². The zero-order chi connectivity index (χ0) is 18.8. The van der Waals surface area contributed by atoms with Gasteiger partial charge in [0.2, 0.25) is 0 Å². The minimum atomic E-state index is -0.00902. The number of amides is 1. The highest BCUT2D eigenvalue weighted by Crippen LogP contribution is 2.13. The molecule has 0 aliphatic carbocycles. The first-order chi connectivity index (χ1) is 12.6. The maximum Gasteiger partial charge on any atom is 0.253 e. The summed E-state index contributed by atoms with van der Waals surface area (Å²) in [6.45, 7) is 0.838. The van der Waals surface area contributed by atoms with Gasteiger partial charge in [-0.2, -0.15) is 11.8 Å². The Morgan fingerprint density at radius 3 is 2.42 bits per heavy atom. The second kappa shape index (κ2) is 10.8. The average Bonchev–Trinajstić information content (AvgIpc) is 2.65. The number of thioether (sulfide) groups is 1. The van der Waals surface area contributed by atoms with Crippen molar-refractivity contribution in [3.8, 4) is 0 Å². The first kappa shape index (κ1) is 20.3. The van der Waals surface area contributed by atoms with Crippen molar-refractivity contribution >= 4 is 40.7 Å². The maximum absolute atomic E-state index is 11.9. The van der Waals surface area contributed by atoms with Gasteiger partial charge in [0.25, 0.3) is 5.91 Å². The number of anilines is 1. The summed E-state index contributed by atoms with van der Waals surface area (Å²) in [4.78, 5) is 13.4. The van der Waals surface area contributed by atoms with Crippen LogP contribution in [0.3, 0.4) is 0 Å². The first-order valence-electron chi connectivity index (χ1n) is 8.54. The second-order valence-corrected chi connectivity index (χ2v) is 7.56. The van der Waals surface area contributed by atoms with E-state index in [1.54, 1.807) is 31.1 Å². The Kier molecular flexibility index (Phi) is 8.44. The molecule has 2 aromatic carbocycles. The average molecular weight is 388 g/mol. The van der Waals surface area contributed by atoms with Gasteiger partial charge in [0.1, 0.15) is 0 Å². The summed E-state index contributed by atoms with van der Waals surface area (Å²) >= 11 is 7.24. The van der Waals surface area contributed by atoms with Crippen molar-refractivity contribution in [2.24, 2.45) is 0 Å². The molecular formula is C20H25N3OS2. The minimum absolute atomic E-state index is 0.00902. The van der Waals surface area contributed by atoms with E-state index in [0.29, 0.717) is 10.7 Å². The zero-order valence-corrected chi connectivity index (χ0v) is 16.8. The molecule has 0 radical (unpaired) electrons. The Labute approximate surface area is 165 Å². The van der Waals surface area contributed by atoms with Crippen LogP contribution in [0.2, 0.25) is 0 Å². The van der Waals surface area contributed by atoms with Crippen LogP contribution in [0.1, 0.15) is 22.3 Å². The molecule has 0 saturated heterocycles. The monoisotopic (exact) mass is 387 g/mol. The van der Waals surface area contributed by atoms with E-state index in [1.165, 1.54) is 5.56 Å². The van der Waals surface area contributed by atoms with E-state index >= 15 is 0 Å². The number of nitrogens with one attached hydrogen (secondary N) is 2. The van der Waals surface area contributed by atoms with Crippen molar-refractivity contribution in [1.82, 2.24) is 10.2 Å². The molecule has 2 N–H and O–H groups in total. The van der Waals surface area contributed by atoms with Crippen LogP contribution in [0.4, 0.5) is 5.69 Å². The predicted molar refractivity (Wildman–Crippen MR) is 116 cm³/mol. The van der Waals surface area contributed by atoms with Gasteiger partial charge in [-0.25, -0.2) is 0 Å². The van der Waals surface area contributed by atoms with Crippen molar-refractivity contribution in [3.05, 3.63) is 65.7 Å². The number of carbonyl (C=O) groups is 1. The summed E-state index contributed by atoms with van der Waals surface area (Å²) in [6.07, 6.45) is 1.05. The molecule has 6 heteroatoms. The number of thiocarbonyl (C=S) groups is 1. The maximum atomic E-state index is 11.9. The summed E-state index contributed by atoms with van der Waals surface area (Å²) in [6, 6.07) is 17.8. The smallest absolute Gasteiger partial charge is 0.253 e. The number of hydrogen-bond donors (Lipinski definition) is 2. The molecule has 1 amide bonds. The highest BCUT2D eigenvalue weighted by molar-refractivity contribution is 7.98. The Morgan fingerprint density at radius 1 is 1.08 bits per heavy atom. The lowest BCUT2D eigenvalue weighted by molar-refractivity contribution is 0.0827. The van der Waals surface area contributed by atoms with Gasteiger partial charge >= 0.3 is 0 Å². The van der Waals surface area contributed by atoms with Gasteiger partial charge in [-0.15, -0.1) is 0 Å². The van der Waals surface area contributed by atoms with Crippen LogP contribution in [0, 0.1) is 0 Å². The largest absolute Gasteiger partial charge is 0.362 e. The molecule has 0 bridgehead atoms. The summed E-state index contributed by atoms with van der Waals surface area (Å²) in [5, 5.41) is 6.96. The molecule has 0 saturated carbocycles. The molecule has 0 heterocycles. The second-order valence-electron chi connectivity index (χ2n) is 6.05. The fourth-order valence-electron chi connectivity index (χ4n) is 2.27. The van der Waals surface area contributed by atoms with Crippen LogP contribution in [-0.2, 0) is 5.75 Å². The number of carbonyl (C=O) groups excluding carboxylic acids is 1. The number of nitrogens with zero attached hydrogens (tertiary/aromatic N) is 1. The fourth-order valence-corrected chi connectivity index (χ4v) is 3.41. The molecule has 138 valence electrons. The Hall–Kier alpha value is -2.05. The minimum Gasteiger partial charge on any atom is -0.362 e. The normalized spacial score (nSPS) is 10.2. The lowest BCUT2D eigenvalue weighted by Crippen LogP contribution is -2.29. The summed E-state index contributed by atoms with van der Waals surface area (Å²) in [5.41, 5.74) is 2.89. The molecule has 0 unspecified atom stereocenters. The third-order valence-electron chi connectivity index (χ3n) is 3.66. The Morgan fingerprint density at radius 2 is 1.77 bits per heavy atom. The molecule has 2 aromatic rings. The van der Waals surface area contributed by atoms with Gasteiger partial charge in [0.15, 0.2) is 5.11 Å². The van der Waals surface area contributed by atoms with Gasteiger partial charge in [-0.3, -0.25) is 4.79 Å². The van der Waals surface area contributed by atoms with Gasteiger partial charge in [-0.1, -0.05) is 30.3 Å². The molecule has 0 fully saturated rings. The molecule has 0 spiro atoms. The van der Waals surface area contributed by atoms with Crippen molar-refractivity contribution in [2.45, 2.75) is 12.2 Å². The Bertz CT molecular complexity index is 703. The van der Waals surface area contributed by atoms with Crippen LogP contribution in [-0.4, -0.2) is 42.3 Å². The molecule has 4 nitrogen and oxygen atoms in total. The highest BCUT2D eigenvalue weighted by atomic mass is 32.2. The predicted octanol–water partition coefficient (Wildman–Crippen LogP) is 4.00. The van der Waals surface area contributed by atoms with Crippen molar-refractivity contribution in [2.75, 3.05) is 31.7 Å². The number of benzene rings is 2. The SMILES string of the molecule is CN(C)C(=O)c1ccc(NC(=S)NCCCSCc2ccccc2)cc1. The topological polar surface area (TPSA) is 44.4 Å². The lowest BCUT2D eigenvalue weighted by Gasteiger charge is -2.12. The lowest BCUT2D eigenvalue weighted by atomic mass is 10.2. The number of hydrogen-bond acceptors (Lipinski definition) is 3. The van der Waals surface area contributed by atoms with E-state index in [9.17, 15) is 4.79 Å². The van der Waals surface area contributed by atoms with Crippen molar-refractivity contribution in [1.29, 1.82) is 0 Å². The standard InChI is InChI=1S/C20H25N3OS2/c1-23(2)19(24)17-9-11-18(12-10-17)22-20(25)21-13-6-14-26-15-16-7-4-3-5-8-16/h3-5,7-12H,6,13-15H2,1-2H3,(H2,21,22,25). The van der Waals surface area contributed by atoms with Crippen LogP contribution >= 0.6 is 24.0 Å². The highest BCUT2D eigenvalue weighted by Gasteiger charge is 2.07. The van der Waals surface area contributed by atoms with E-state index in [4.69, 9.17) is 12.2 Å². The van der Waals surface area contributed by atoms with Gasteiger partial charge < -0.3 is 15.5 Å². The van der Waals surface area contributed by atoms with E-state index in [2.05, 4.69) is 34.9 Å². The molecule has 0 aromatic heterocycles. The molecule has 26 heavy (non-hydrogen) atoms. The van der Waals surface area contributed by atoms with Gasteiger partial charge in [0, 0.05) is 37.6 Å². The van der Waals surface area contributed by atoms with Crippen molar-refractivity contribution in [3.63, 3.8) is 0 Å². The molecule has 0 aliphatic rings. The van der Waals surface area contributed by atoms with Gasteiger partial charge in [0.05, 0.1) is 0 Å². The molecule has 2 rings (SSSR count). The fraction of sp³-hybridized carbons (Fsp3) is 0.300. The third kappa shape index (κ3) is 7.06. The summed E-state index contributed by atoms with van der Waals surface area (Å²) in [7, 11) is 3.48. The van der Waals surface area contributed by atoms with Crippen LogP contribution in [0.5, 0.6) is 0 Å². The first-order valence-corrected chi connectivity index (χ1v) is 10.1. The van der Waals surface area contributed by atoms with Gasteiger partial charge in [-0.05, 0) is 54.2 Å². The quantitative estimate of drug-likeness (QED) is 0.529. The van der Waals surface area contributed by atoms with E-state index < -0.39 is 0 Å². The summed E-state index contributed by atoms with van der Waals surface area (Å²) < 4.78 is 0. The van der Waals surface area contributed by atoms with Crippen molar-refractivity contribution < 1.29 is 4.79 Å². The summed E-state index contributed by atoms with van der Waals surface area (Å²) in [5.74, 6) is 2.12. The third-order valence-corrected chi connectivity index (χ3v) is 5.02. The molecular weight excluding hydrogens is 362 g/mol. The number of rotatable bonds is 8. The van der Waals surface area contributed by atoms with Crippen LogP contribution in [0.25, 0.3) is 0 Å².